The van der Waals surface area contributed by atoms with Gasteiger partial charge in [-0.15, -0.1) is 0 Å². The van der Waals surface area contributed by atoms with Crippen LogP contribution in [0.4, 0.5) is 0 Å². The van der Waals surface area contributed by atoms with E-state index in [1.807, 2.05) is 48.5 Å². The molecule has 2 aromatic rings. The van der Waals surface area contributed by atoms with E-state index in [-0.39, 0.29) is 6.61 Å². The standard InChI is InChI=1S/C16H17BrO3/c1-19-16-8-7-13(17)9-12(16)10-14(18)11-20-15-5-3-2-4-6-15/h2-9,14,18H,10-11H2,1H3. The molecular weight excluding hydrogens is 320 g/mol. The van der Waals surface area contributed by atoms with Gasteiger partial charge in [-0.3, -0.25) is 0 Å². The number of para-hydroxylation sites is 1. The number of halogens is 1. The quantitative estimate of drug-likeness (QED) is 0.878. The van der Waals surface area contributed by atoms with Gasteiger partial charge in [0.05, 0.1) is 13.2 Å². The lowest BCUT2D eigenvalue weighted by Gasteiger charge is -2.14. The van der Waals surface area contributed by atoms with Crippen LogP contribution in [0.2, 0.25) is 0 Å². The second-order valence-corrected chi connectivity index (χ2v) is 5.35. The summed E-state index contributed by atoms with van der Waals surface area (Å²) in [6, 6.07) is 15.2. The summed E-state index contributed by atoms with van der Waals surface area (Å²) in [6.45, 7) is 0.250. The van der Waals surface area contributed by atoms with Gasteiger partial charge in [-0.2, -0.15) is 0 Å². The van der Waals surface area contributed by atoms with Crippen LogP contribution in [0.25, 0.3) is 0 Å². The molecule has 1 unspecified atom stereocenters. The lowest BCUT2D eigenvalue weighted by molar-refractivity contribution is 0.107. The summed E-state index contributed by atoms with van der Waals surface area (Å²) in [5, 5.41) is 10.1. The number of aliphatic hydroxyl groups excluding tert-OH is 1. The topological polar surface area (TPSA) is 38.7 Å². The van der Waals surface area contributed by atoms with Crippen LogP contribution in [0.3, 0.4) is 0 Å². The summed E-state index contributed by atoms with van der Waals surface area (Å²) >= 11 is 3.42. The first-order valence-electron chi connectivity index (χ1n) is 6.37. The molecule has 2 aromatic carbocycles. The van der Waals surface area contributed by atoms with Crippen LogP contribution < -0.4 is 9.47 Å². The highest BCUT2D eigenvalue weighted by Gasteiger charge is 2.11. The molecule has 20 heavy (non-hydrogen) atoms. The van der Waals surface area contributed by atoms with Gasteiger partial charge in [-0.25, -0.2) is 0 Å². The highest BCUT2D eigenvalue weighted by Crippen LogP contribution is 2.24. The van der Waals surface area contributed by atoms with E-state index in [1.165, 1.54) is 0 Å². The van der Waals surface area contributed by atoms with Crippen LogP contribution in [-0.2, 0) is 6.42 Å². The molecule has 0 aromatic heterocycles. The summed E-state index contributed by atoms with van der Waals surface area (Å²) in [4.78, 5) is 0. The molecule has 106 valence electrons. The Bertz CT molecular complexity index is 543. The highest BCUT2D eigenvalue weighted by atomic mass is 79.9. The molecule has 3 nitrogen and oxygen atoms in total. The van der Waals surface area contributed by atoms with E-state index in [1.54, 1.807) is 7.11 Å². The van der Waals surface area contributed by atoms with E-state index in [0.29, 0.717) is 6.42 Å². The maximum atomic E-state index is 10.1. The molecule has 1 N–H and O–H groups in total. The summed E-state index contributed by atoms with van der Waals surface area (Å²) in [6.07, 6.45) is -0.103. The number of benzene rings is 2. The van der Waals surface area contributed by atoms with Crippen molar-refractivity contribution < 1.29 is 14.6 Å². The van der Waals surface area contributed by atoms with Crippen molar-refractivity contribution in [2.75, 3.05) is 13.7 Å². The van der Waals surface area contributed by atoms with Crippen molar-refractivity contribution in [2.45, 2.75) is 12.5 Å². The lowest BCUT2D eigenvalue weighted by atomic mass is 10.1. The van der Waals surface area contributed by atoms with Crippen molar-refractivity contribution in [1.29, 1.82) is 0 Å². The molecule has 0 spiro atoms. The molecule has 2 rings (SSSR count). The van der Waals surface area contributed by atoms with E-state index >= 15 is 0 Å². The molecule has 0 bridgehead atoms. The molecule has 0 radical (unpaired) electrons. The fourth-order valence-electron chi connectivity index (χ4n) is 1.93. The normalized spacial score (nSPS) is 11.9. The summed E-state index contributed by atoms with van der Waals surface area (Å²) in [7, 11) is 1.62. The monoisotopic (exact) mass is 336 g/mol. The van der Waals surface area contributed by atoms with Crippen LogP contribution >= 0.6 is 15.9 Å². The predicted octanol–water partition coefficient (Wildman–Crippen LogP) is 3.44. The van der Waals surface area contributed by atoms with Crippen molar-refractivity contribution in [3.63, 3.8) is 0 Å². The Morgan fingerprint density at radius 1 is 1.15 bits per heavy atom. The van der Waals surface area contributed by atoms with Crippen molar-refractivity contribution in [3.05, 3.63) is 58.6 Å². The minimum atomic E-state index is -0.585. The number of aliphatic hydroxyl groups is 1. The summed E-state index contributed by atoms with van der Waals surface area (Å²) in [5.41, 5.74) is 0.950. The molecule has 0 heterocycles. The second-order valence-electron chi connectivity index (χ2n) is 4.44. The summed E-state index contributed by atoms with van der Waals surface area (Å²) < 4.78 is 11.8. The first-order valence-corrected chi connectivity index (χ1v) is 7.16. The van der Waals surface area contributed by atoms with Crippen molar-refractivity contribution >= 4 is 15.9 Å². The maximum Gasteiger partial charge on any atom is 0.122 e. The van der Waals surface area contributed by atoms with E-state index in [9.17, 15) is 5.11 Å². The molecule has 0 aliphatic heterocycles. The van der Waals surface area contributed by atoms with Crippen LogP contribution in [0.1, 0.15) is 5.56 Å². The van der Waals surface area contributed by atoms with Crippen LogP contribution in [-0.4, -0.2) is 24.9 Å². The van der Waals surface area contributed by atoms with Gasteiger partial charge < -0.3 is 14.6 Å². The fraction of sp³-hybridized carbons (Fsp3) is 0.250. The van der Waals surface area contributed by atoms with Crippen molar-refractivity contribution in [2.24, 2.45) is 0 Å². The average Bonchev–Trinajstić information content (AvgIpc) is 2.46. The fourth-order valence-corrected chi connectivity index (χ4v) is 2.34. The molecule has 4 heteroatoms. The van der Waals surface area contributed by atoms with Gasteiger partial charge in [-0.1, -0.05) is 34.1 Å². The Hall–Kier alpha value is -1.52. The van der Waals surface area contributed by atoms with Gasteiger partial charge in [0, 0.05) is 10.9 Å². The van der Waals surface area contributed by atoms with Gasteiger partial charge in [0.1, 0.15) is 18.1 Å². The van der Waals surface area contributed by atoms with E-state index in [2.05, 4.69) is 15.9 Å². The van der Waals surface area contributed by atoms with Crippen molar-refractivity contribution in [1.82, 2.24) is 0 Å². The zero-order chi connectivity index (χ0) is 14.4. The molecule has 1 atom stereocenters. The number of ether oxygens (including phenoxy) is 2. The Kier molecular flexibility index (Phi) is 5.44. The van der Waals surface area contributed by atoms with Crippen LogP contribution in [0.5, 0.6) is 11.5 Å². The van der Waals surface area contributed by atoms with E-state index in [0.717, 1.165) is 21.5 Å². The minimum absolute atomic E-state index is 0.250. The Labute approximate surface area is 127 Å². The van der Waals surface area contributed by atoms with Crippen LogP contribution in [0.15, 0.2) is 53.0 Å². The number of rotatable bonds is 6. The van der Waals surface area contributed by atoms with Gasteiger partial charge in [0.15, 0.2) is 0 Å². The molecule has 0 saturated carbocycles. The predicted molar refractivity (Wildman–Crippen MR) is 82.3 cm³/mol. The average molecular weight is 337 g/mol. The number of methoxy groups -OCH3 is 1. The Morgan fingerprint density at radius 3 is 2.60 bits per heavy atom. The molecule has 0 saturated heterocycles. The van der Waals surface area contributed by atoms with Gasteiger partial charge in [-0.05, 0) is 35.9 Å². The first-order chi connectivity index (χ1) is 9.69. The maximum absolute atomic E-state index is 10.1. The van der Waals surface area contributed by atoms with E-state index in [4.69, 9.17) is 9.47 Å². The van der Waals surface area contributed by atoms with Crippen LogP contribution in [0, 0.1) is 0 Å². The third-order valence-electron chi connectivity index (χ3n) is 2.88. The Morgan fingerprint density at radius 2 is 1.90 bits per heavy atom. The SMILES string of the molecule is COc1ccc(Br)cc1CC(O)COc1ccccc1. The molecule has 0 amide bonds. The summed E-state index contributed by atoms with van der Waals surface area (Å²) in [5.74, 6) is 1.53. The molecule has 0 fully saturated rings. The minimum Gasteiger partial charge on any atom is -0.496 e. The molecular formula is C16H17BrO3. The third kappa shape index (κ3) is 4.25. The highest BCUT2D eigenvalue weighted by molar-refractivity contribution is 9.10. The van der Waals surface area contributed by atoms with E-state index < -0.39 is 6.10 Å². The molecule has 0 aliphatic rings. The van der Waals surface area contributed by atoms with Gasteiger partial charge in [0.25, 0.3) is 0 Å². The first kappa shape index (κ1) is 14.9. The smallest absolute Gasteiger partial charge is 0.122 e. The second kappa shape index (κ2) is 7.31. The van der Waals surface area contributed by atoms with Gasteiger partial charge >= 0.3 is 0 Å². The zero-order valence-electron chi connectivity index (χ0n) is 11.3. The zero-order valence-corrected chi connectivity index (χ0v) is 12.8. The number of hydrogen-bond donors (Lipinski definition) is 1. The van der Waals surface area contributed by atoms with Crippen molar-refractivity contribution in [3.8, 4) is 11.5 Å². The largest absolute Gasteiger partial charge is 0.496 e. The molecule has 0 aliphatic carbocycles. The number of hydrogen-bond acceptors (Lipinski definition) is 3. The third-order valence-corrected chi connectivity index (χ3v) is 3.38. The lowest BCUT2D eigenvalue weighted by Crippen LogP contribution is -2.20. The van der Waals surface area contributed by atoms with Gasteiger partial charge in [0.2, 0.25) is 0 Å². The Balaban J connectivity index is 1.94.